The zero-order valence-electron chi connectivity index (χ0n) is 10.9. The van der Waals surface area contributed by atoms with Crippen LogP contribution < -0.4 is 5.32 Å². The van der Waals surface area contributed by atoms with Crippen molar-refractivity contribution in [3.63, 3.8) is 0 Å². The van der Waals surface area contributed by atoms with Gasteiger partial charge in [-0.25, -0.2) is 9.59 Å². The molecule has 0 radical (unpaired) electrons. The van der Waals surface area contributed by atoms with E-state index in [1.165, 1.54) is 0 Å². The van der Waals surface area contributed by atoms with E-state index in [0.717, 1.165) is 12.2 Å². The number of nitrogens with zero attached hydrogens (tertiary/aromatic N) is 1. The van der Waals surface area contributed by atoms with Crippen molar-refractivity contribution in [3.05, 3.63) is 0 Å². The summed E-state index contributed by atoms with van der Waals surface area (Å²) in [6.45, 7) is 3.83. The predicted molar refractivity (Wildman–Crippen MR) is 70.5 cm³/mol. The molecule has 2 atom stereocenters. The smallest absolute Gasteiger partial charge is 0.326 e. The van der Waals surface area contributed by atoms with Crippen LogP contribution in [-0.4, -0.2) is 53.1 Å². The summed E-state index contributed by atoms with van der Waals surface area (Å²) in [6.07, 6.45) is 3.15. The van der Waals surface area contributed by atoms with Gasteiger partial charge in [0.2, 0.25) is 0 Å². The largest absolute Gasteiger partial charge is 0.480 e. The van der Waals surface area contributed by atoms with Gasteiger partial charge in [-0.15, -0.1) is 0 Å². The third-order valence-corrected chi connectivity index (χ3v) is 3.38. The Morgan fingerprint density at radius 3 is 2.47 bits per heavy atom. The van der Waals surface area contributed by atoms with Gasteiger partial charge >= 0.3 is 12.0 Å². The Kier molecular flexibility index (Phi) is 7.78. The third kappa shape index (κ3) is 5.81. The first kappa shape index (κ1) is 16.1. The lowest BCUT2D eigenvalue weighted by Gasteiger charge is -2.26. The topological polar surface area (TPSA) is 69.6 Å². The molecule has 0 aliphatic carbocycles. The first-order valence-electron chi connectivity index (χ1n) is 5.69. The minimum Gasteiger partial charge on any atom is -0.480 e. The summed E-state index contributed by atoms with van der Waals surface area (Å²) < 4.78 is 0. The molecular weight excluding hydrogens is 240 g/mol. The molecule has 2 amide bonds. The number of hydrogen-bond donors (Lipinski definition) is 2. The summed E-state index contributed by atoms with van der Waals surface area (Å²) >= 11 is 1.65. The molecule has 0 aromatic rings. The van der Waals surface area contributed by atoms with Crippen LogP contribution in [0.15, 0.2) is 0 Å². The van der Waals surface area contributed by atoms with Gasteiger partial charge in [-0.05, 0) is 19.6 Å². The average Bonchev–Trinajstić information content (AvgIpc) is 2.27. The van der Waals surface area contributed by atoms with Gasteiger partial charge in [-0.2, -0.15) is 11.8 Å². The molecule has 17 heavy (non-hydrogen) atoms. The molecule has 5 nitrogen and oxygen atoms in total. The monoisotopic (exact) mass is 262 g/mol. The summed E-state index contributed by atoms with van der Waals surface area (Å²) in [7, 11) is 1.68. The van der Waals surface area contributed by atoms with Crippen molar-refractivity contribution in [2.24, 2.45) is 0 Å². The number of hydrogen-bond acceptors (Lipinski definition) is 3. The van der Waals surface area contributed by atoms with E-state index in [0.29, 0.717) is 6.42 Å². The maximum Gasteiger partial charge on any atom is 0.326 e. The van der Waals surface area contributed by atoms with Crippen LogP contribution in [0.25, 0.3) is 0 Å². The van der Waals surface area contributed by atoms with Crippen LogP contribution >= 0.6 is 11.8 Å². The Labute approximate surface area is 107 Å². The van der Waals surface area contributed by atoms with Crippen molar-refractivity contribution in [1.82, 2.24) is 10.2 Å². The highest BCUT2D eigenvalue weighted by atomic mass is 32.2. The Hall–Kier alpha value is -0.910. The van der Waals surface area contributed by atoms with E-state index in [2.05, 4.69) is 5.32 Å². The van der Waals surface area contributed by atoms with Crippen molar-refractivity contribution >= 4 is 23.8 Å². The zero-order chi connectivity index (χ0) is 13.4. The van der Waals surface area contributed by atoms with Gasteiger partial charge in [0, 0.05) is 18.8 Å². The maximum absolute atomic E-state index is 11.8. The van der Waals surface area contributed by atoms with Crippen LogP contribution in [0.3, 0.4) is 0 Å². The second kappa shape index (κ2) is 8.22. The zero-order valence-corrected chi connectivity index (χ0v) is 11.7. The number of carboxylic acid groups (broad SMARTS) is 1. The standard InChI is InChI=1S/C11H22N2O3S/c1-5-6-9(10(14)15)12-11(16)13(3)8(2)7-17-4/h8-9H,5-7H2,1-4H3,(H,12,16)(H,14,15). The fraction of sp³-hybridized carbons (Fsp3) is 0.818. The van der Waals surface area contributed by atoms with Crippen LogP contribution in [-0.2, 0) is 4.79 Å². The summed E-state index contributed by atoms with van der Waals surface area (Å²) in [6, 6.07) is -1.04. The lowest BCUT2D eigenvalue weighted by Crippen LogP contribution is -2.49. The fourth-order valence-electron chi connectivity index (χ4n) is 1.35. The number of carboxylic acids is 1. The molecule has 0 aliphatic heterocycles. The first-order valence-corrected chi connectivity index (χ1v) is 7.08. The molecule has 0 saturated heterocycles. The summed E-state index contributed by atoms with van der Waals surface area (Å²) in [5, 5.41) is 11.5. The Morgan fingerprint density at radius 2 is 2.06 bits per heavy atom. The molecule has 0 rings (SSSR count). The number of carbonyl (C=O) groups excluding carboxylic acids is 1. The fourth-order valence-corrected chi connectivity index (χ4v) is 2.06. The van der Waals surface area contributed by atoms with Crippen molar-refractivity contribution < 1.29 is 14.7 Å². The molecule has 0 spiro atoms. The number of nitrogens with one attached hydrogen (secondary N) is 1. The highest BCUT2D eigenvalue weighted by Crippen LogP contribution is 2.05. The van der Waals surface area contributed by atoms with Crippen molar-refractivity contribution in [1.29, 1.82) is 0 Å². The number of aliphatic carboxylic acids is 1. The van der Waals surface area contributed by atoms with E-state index in [9.17, 15) is 9.59 Å². The summed E-state index contributed by atoms with van der Waals surface area (Å²) in [5.41, 5.74) is 0. The van der Waals surface area contributed by atoms with Crippen LogP contribution in [0.2, 0.25) is 0 Å². The van der Waals surface area contributed by atoms with Crippen molar-refractivity contribution in [2.45, 2.75) is 38.8 Å². The van der Waals surface area contributed by atoms with E-state index >= 15 is 0 Å². The SMILES string of the molecule is CCCC(NC(=O)N(C)C(C)CSC)C(=O)O. The normalized spacial score (nSPS) is 13.9. The minimum absolute atomic E-state index is 0.0843. The minimum atomic E-state index is -0.980. The number of thioether (sulfide) groups is 1. The van der Waals surface area contributed by atoms with E-state index in [1.807, 2.05) is 20.1 Å². The lowest BCUT2D eigenvalue weighted by molar-refractivity contribution is -0.139. The average molecular weight is 262 g/mol. The molecule has 2 unspecified atom stereocenters. The van der Waals surface area contributed by atoms with Crippen LogP contribution in [0.5, 0.6) is 0 Å². The molecule has 0 bridgehead atoms. The van der Waals surface area contributed by atoms with E-state index in [1.54, 1.807) is 23.7 Å². The Balaban J connectivity index is 4.34. The van der Waals surface area contributed by atoms with Crippen LogP contribution in [0.1, 0.15) is 26.7 Å². The van der Waals surface area contributed by atoms with Gasteiger partial charge < -0.3 is 15.3 Å². The van der Waals surface area contributed by atoms with E-state index < -0.39 is 12.0 Å². The number of urea groups is 1. The Morgan fingerprint density at radius 1 is 1.47 bits per heavy atom. The van der Waals surface area contributed by atoms with Crippen LogP contribution in [0.4, 0.5) is 4.79 Å². The molecular formula is C11H22N2O3S. The molecule has 6 heteroatoms. The number of carbonyl (C=O) groups is 2. The molecule has 0 fully saturated rings. The number of rotatable bonds is 7. The van der Waals surface area contributed by atoms with Gasteiger partial charge in [-0.3, -0.25) is 0 Å². The van der Waals surface area contributed by atoms with Crippen LogP contribution in [0, 0.1) is 0 Å². The molecule has 0 aliphatic rings. The maximum atomic E-state index is 11.8. The Bertz CT molecular complexity index is 261. The molecule has 0 heterocycles. The summed E-state index contributed by atoms with van der Waals surface area (Å²) in [5.74, 6) is -0.152. The second-order valence-electron chi connectivity index (χ2n) is 4.04. The van der Waals surface area contributed by atoms with Gasteiger partial charge in [-0.1, -0.05) is 13.3 Å². The molecule has 100 valence electrons. The lowest BCUT2D eigenvalue weighted by atomic mass is 10.2. The second-order valence-corrected chi connectivity index (χ2v) is 4.95. The predicted octanol–water partition coefficient (Wildman–Crippen LogP) is 1.63. The van der Waals surface area contributed by atoms with Gasteiger partial charge in [0.25, 0.3) is 0 Å². The molecule has 0 aromatic heterocycles. The highest BCUT2D eigenvalue weighted by Gasteiger charge is 2.22. The van der Waals surface area contributed by atoms with Gasteiger partial charge in [0.05, 0.1) is 0 Å². The first-order chi connectivity index (χ1) is 7.93. The molecule has 0 aromatic carbocycles. The number of amides is 2. The quantitative estimate of drug-likeness (QED) is 0.731. The highest BCUT2D eigenvalue weighted by molar-refractivity contribution is 7.98. The van der Waals surface area contributed by atoms with Gasteiger partial charge in [0.1, 0.15) is 6.04 Å². The van der Waals surface area contributed by atoms with Gasteiger partial charge in [0.15, 0.2) is 0 Å². The van der Waals surface area contributed by atoms with Crippen molar-refractivity contribution in [2.75, 3.05) is 19.1 Å². The van der Waals surface area contributed by atoms with Crippen molar-refractivity contribution in [3.8, 4) is 0 Å². The van der Waals surface area contributed by atoms with E-state index in [4.69, 9.17) is 5.11 Å². The molecule has 2 N–H and O–H groups in total. The molecule has 0 saturated carbocycles. The van der Waals surface area contributed by atoms with E-state index in [-0.39, 0.29) is 12.1 Å². The third-order valence-electron chi connectivity index (χ3n) is 2.56. The summed E-state index contributed by atoms with van der Waals surface area (Å²) in [4.78, 5) is 24.2.